The fourth-order valence-corrected chi connectivity index (χ4v) is 3.39. The van der Waals surface area contributed by atoms with Gasteiger partial charge in [-0.25, -0.2) is 4.68 Å². The molecule has 9 nitrogen and oxygen atoms in total. The van der Waals surface area contributed by atoms with Crippen molar-refractivity contribution >= 4 is 23.5 Å². The second-order valence-electron chi connectivity index (χ2n) is 7.12. The van der Waals surface area contributed by atoms with Gasteiger partial charge in [0.25, 0.3) is 5.91 Å². The normalized spacial score (nSPS) is 15.4. The van der Waals surface area contributed by atoms with E-state index in [4.69, 9.17) is 9.47 Å². The van der Waals surface area contributed by atoms with Crippen molar-refractivity contribution in [1.82, 2.24) is 14.8 Å². The number of nitrogens with zero attached hydrogens (tertiary/aromatic N) is 3. The zero-order valence-corrected chi connectivity index (χ0v) is 17.2. The van der Waals surface area contributed by atoms with Crippen LogP contribution in [-0.4, -0.2) is 40.3 Å². The summed E-state index contributed by atoms with van der Waals surface area (Å²) in [7, 11) is 1.42. The summed E-state index contributed by atoms with van der Waals surface area (Å²) in [6.07, 6.45) is -3.02. The Morgan fingerprint density at radius 2 is 2.06 bits per heavy atom. The van der Waals surface area contributed by atoms with Crippen molar-refractivity contribution in [2.24, 2.45) is 0 Å². The number of methoxy groups -OCH3 is 1. The van der Waals surface area contributed by atoms with Gasteiger partial charge in [0.2, 0.25) is 11.9 Å². The highest BCUT2D eigenvalue weighted by Gasteiger charge is 2.31. The minimum atomic E-state index is -4.52. The second-order valence-corrected chi connectivity index (χ2v) is 7.12. The Morgan fingerprint density at radius 3 is 2.82 bits per heavy atom. The zero-order valence-electron chi connectivity index (χ0n) is 17.2. The smallest absolute Gasteiger partial charge is 0.416 e. The van der Waals surface area contributed by atoms with Gasteiger partial charge in [-0.2, -0.15) is 23.3 Å². The molecule has 0 fully saturated rings. The van der Waals surface area contributed by atoms with Gasteiger partial charge in [-0.1, -0.05) is 12.1 Å². The lowest BCUT2D eigenvalue weighted by molar-refractivity contribution is -0.137. The van der Waals surface area contributed by atoms with E-state index in [1.165, 1.54) is 25.6 Å². The summed E-state index contributed by atoms with van der Waals surface area (Å²) < 4.78 is 50.9. The second kappa shape index (κ2) is 8.81. The first-order valence-corrected chi connectivity index (χ1v) is 9.72. The summed E-state index contributed by atoms with van der Waals surface area (Å²) >= 11 is 0. The number of fused-ring (bicyclic) bond motifs is 1. The number of aromatic nitrogens is 3. The van der Waals surface area contributed by atoms with Gasteiger partial charge in [0.1, 0.15) is 6.33 Å². The first-order valence-electron chi connectivity index (χ1n) is 9.72. The topological polar surface area (TPSA) is 107 Å². The number of ether oxygens (including phenoxy) is 2. The molecular formula is C21H18F3N5O4. The first-order chi connectivity index (χ1) is 15.7. The van der Waals surface area contributed by atoms with Crippen molar-refractivity contribution in [3.8, 4) is 11.5 Å². The van der Waals surface area contributed by atoms with E-state index in [1.54, 1.807) is 22.9 Å². The Kier molecular flexibility index (Phi) is 5.90. The summed E-state index contributed by atoms with van der Waals surface area (Å²) in [6.45, 7) is -0.453. The number of rotatable bonds is 6. The maximum atomic E-state index is 12.8. The number of nitrogens with one attached hydrogen (secondary N) is 2. The fourth-order valence-electron chi connectivity index (χ4n) is 3.39. The Morgan fingerprint density at radius 1 is 1.24 bits per heavy atom. The predicted molar refractivity (Wildman–Crippen MR) is 110 cm³/mol. The lowest BCUT2D eigenvalue weighted by Crippen LogP contribution is -2.29. The van der Waals surface area contributed by atoms with Gasteiger partial charge in [-0.05, 0) is 35.9 Å². The number of carbonyl (C=O) groups excluding carboxylic acids is 2. The Bertz CT molecular complexity index is 1190. The molecule has 4 rings (SSSR count). The highest BCUT2D eigenvalue weighted by molar-refractivity contribution is 5.92. The number of hydrogen-bond donors (Lipinski definition) is 2. The lowest BCUT2D eigenvalue weighted by Gasteiger charge is -2.24. The van der Waals surface area contributed by atoms with Crippen molar-refractivity contribution in [3.63, 3.8) is 0 Å². The molecule has 2 aromatic carbocycles. The molecule has 12 heteroatoms. The van der Waals surface area contributed by atoms with Crippen LogP contribution >= 0.6 is 0 Å². The minimum Gasteiger partial charge on any atom is -0.493 e. The van der Waals surface area contributed by atoms with E-state index in [-0.39, 0.29) is 23.8 Å². The largest absolute Gasteiger partial charge is 0.493 e. The van der Waals surface area contributed by atoms with E-state index >= 15 is 0 Å². The van der Waals surface area contributed by atoms with Crippen LogP contribution in [0.4, 0.5) is 24.8 Å². The van der Waals surface area contributed by atoms with Crippen LogP contribution in [0, 0.1) is 0 Å². The van der Waals surface area contributed by atoms with Crippen LogP contribution in [0.15, 0.2) is 48.8 Å². The molecule has 0 aliphatic carbocycles. The minimum absolute atomic E-state index is 0.0000469. The zero-order chi connectivity index (χ0) is 23.6. The highest BCUT2D eigenvalue weighted by Crippen LogP contribution is 2.35. The van der Waals surface area contributed by atoms with Crippen LogP contribution in [-0.2, 0) is 15.8 Å². The lowest BCUT2D eigenvalue weighted by atomic mass is 10.0. The molecule has 172 valence electrons. The predicted octanol–water partition coefficient (Wildman–Crippen LogP) is 3.25. The van der Waals surface area contributed by atoms with Gasteiger partial charge in [0, 0.05) is 5.69 Å². The molecule has 0 bridgehead atoms. The maximum Gasteiger partial charge on any atom is 0.416 e. The van der Waals surface area contributed by atoms with Gasteiger partial charge in [-0.3, -0.25) is 14.9 Å². The van der Waals surface area contributed by atoms with Gasteiger partial charge >= 0.3 is 6.18 Å². The third-order valence-corrected chi connectivity index (χ3v) is 4.90. The van der Waals surface area contributed by atoms with Crippen LogP contribution < -0.4 is 20.1 Å². The van der Waals surface area contributed by atoms with E-state index in [0.717, 1.165) is 12.1 Å². The van der Waals surface area contributed by atoms with E-state index < -0.39 is 30.3 Å². The molecule has 0 spiro atoms. The number of hydrogen-bond acceptors (Lipinski definition) is 6. The summed E-state index contributed by atoms with van der Waals surface area (Å²) in [5, 5.41) is 9.15. The molecule has 1 aromatic heterocycles. The van der Waals surface area contributed by atoms with Crippen molar-refractivity contribution in [1.29, 1.82) is 0 Å². The highest BCUT2D eigenvalue weighted by atomic mass is 19.4. The third-order valence-electron chi connectivity index (χ3n) is 4.90. The molecule has 2 N–H and O–H groups in total. The molecule has 2 amide bonds. The average molecular weight is 461 g/mol. The standard InChI is InChI=1S/C21H18F3N5O4/c1-32-17-7-12(15-9-18(30)28-20-25-11-26-29(15)20)5-6-16(17)33-10-19(31)27-14-4-2-3-13(8-14)21(22,23)24/h2-8,11,15H,9-10H2,1H3,(H,27,31)(H,25,26,28,30)/t15-/m1/s1. The van der Waals surface area contributed by atoms with Crippen LogP contribution in [0.1, 0.15) is 23.6 Å². The first kappa shape index (κ1) is 22.1. The molecule has 0 saturated carbocycles. The van der Waals surface area contributed by atoms with E-state index in [0.29, 0.717) is 17.3 Å². The van der Waals surface area contributed by atoms with E-state index in [2.05, 4.69) is 20.7 Å². The number of benzene rings is 2. The Labute approximate surface area is 185 Å². The molecule has 0 saturated heterocycles. The molecule has 1 atom stereocenters. The quantitative estimate of drug-likeness (QED) is 0.584. The number of alkyl halides is 3. The van der Waals surface area contributed by atoms with Gasteiger partial charge in [-0.15, -0.1) is 0 Å². The van der Waals surface area contributed by atoms with Crippen molar-refractivity contribution in [2.75, 3.05) is 24.4 Å². The summed E-state index contributed by atoms with van der Waals surface area (Å²) in [5.74, 6) is 0.0519. The summed E-state index contributed by atoms with van der Waals surface area (Å²) in [6, 6.07) is 8.85. The molecule has 3 aromatic rings. The maximum absolute atomic E-state index is 12.8. The monoisotopic (exact) mass is 461 g/mol. The fraction of sp³-hybridized carbons (Fsp3) is 0.238. The van der Waals surface area contributed by atoms with Crippen LogP contribution in [0.25, 0.3) is 0 Å². The number of carbonyl (C=O) groups is 2. The van der Waals surface area contributed by atoms with Crippen molar-refractivity contribution < 1.29 is 32.2 Å². The molecule has 0 radical (unpaired) electrons. The summed E-state index contributed by atoms with van der Waals surface area (Å²) in [4.78, 5) is 28.2. The van der Waals surface area contributed by atoms with Gasteiger partial charge in [0.15, 0.2) is 18.1 Å². The van der Waals surface area contributed by atoms with Gasteiger partial charge < -0.3 is 14.8 Å². The Hall–Kier alpha value is -4.09. The summed E-state index contributed by atoms with van der Waals surface area (Å²) in [5.41, 5.74) is -0.153. The molecule has 1 aliphatic heterocycles. The molecule has 2 heterocycles. The number of amides is 2. The van der Waals surface area contributed by atoms with Crippen molar-refractivity contribution in [2.45, 2.75) is 18.6 Å². The SMILES string of the molecule is COc1cc([C@H]2CC(=O)Nc3ncnn32)ccc1OCC(=O)Nc1cccc(C(F)(F)F)c1. The van der Waals surface area contributed by atoms with E-state index in [1.807, 2.05) is 0 Å². The van der Waals surface area contributed by atoms with Gasteiger partial charge in [0.05, 0.1) is 25.1 Å². The molecule has 33 heavy (non-hydrogen) atoms. The van der Waals surface area contributed by atoms with Crippen molar-refractivity contribution in [3.05, 3.63) is 59.9 Å². The Balaban J connectivity index is 1.44. The molecule has 1 aliphatic rings. The van der Waals surface area contributed by atoms with Crippen LogP contribution in [0.2, 0.25) is 0 Å². The molecule has 0 unspecified atom stereocenters. The van der Waals surface area contributed by atoms with E-state index in [9.17, 15) is 22.8 Å². The number of anilines is 2. The molecular weight excluding hydrogens is 443 g/mol. The third kappa shape index (κ3) is 4.89. The average Bonchev–Trinajstić information content (AvgIpc) is 3.25. The van der Waals surface area contributed by atoms with Crippen LogP contribution in [0.5, 0.6) is 11.5 Å². The van der Waals surface area contributed by atoms with Crippen LogP contribution in [0.3, 0.4) is 0 Å². The number of halogens is 3.